The predicted molar refractivity (Wildman–Crippen MR) is 75.3 cm³/mol. The van der Waals surface area contributed by atoms with Crippen LogP contribution < -0.4 is 4.57 Å². The highest BCUT2D eigenvalue weighted by Gasteiger charge is 2.45. The fourth-order valence-corrected chi connectivity index (χ4v) is 5.73. The molecule has 0 amide bonds. The lowest BCUT2D eigenvalue weighted by Gasteiger charge is -2.13. The van der Waals surface area contributed by atoms with E-state index < -0.39 is 0 Å². The van der Waals surface area contributed by atoms with Crippen molar-refractivity contribution in [2.45, 2.75) is 16.8 Å². The summed E-state index contributed by atoms with van der Waals surface area (Å²) in [7, 11) is 0. The molecule has 1 unspecified atom stereocenters. The summed E-state index contributed by atoms with van der Waals surface area (Å²) in [4.78, 5) is 0. The van der Waals surface area contributed by atoms with Crippen LogP contribution in [0.15, 0.2) is 28.6 Å². The fourth-order valence-electron chi connectivity index (χ4n) is 1.95. The molecule has 0 N–H and O–H groups in total. The Morgan fingerprint density at radius 1 is 1.47 bits per heavy atom. The SMILES string of the molecule is CC1(CI)CSc2sc3ccccc3[n+]21. The van der Waals surface area contributed by atoms with E-state index in [1.165, 1.54) is 24.7 Å². The van der Waals surface area contributed by atoms with Gasteiger partial charge in [0.1, 0.15) is 4.70 Å². The number of halogens is 1. The monoisotopic (exact) mass is 348 g/mol. The van der Waals surface area contributed by atoms with Gasteiger partial charge in [-0.15, -0.1) is 0 Å². The zero-order valence-electron chi connectivity index (χ0n) is 8.37. The van der Waals surface area contributed by atoms with Gasteiger partial charge in [-0.2, -0.15) is 4.57 Å². The van der Waals surface area contributed by atoms with Crippen molar-refractivity contribution >= 4 is 55.9 Å². The van der Waals surface area contributed by atoms with E-state index in [1.807, 2.05) is 23.1 Å². The molecule has 0 bridgehead atoms. The molecule has 0 aliphatic carbocycles. The van der Waals surface area contributed by atoms with Crippen molar-refractivity contribution in [1.29, 1.82) is 0 Å². The zero-order chi connectivity index (χ0) is 10.5. The minimum Gasteiger partial charge on any atom is -0.169 e. The molecule has 1 aliphatic heterocycles. The highest BCUT2D eigenvalue weighted by atomic mass is 127. The van der Waals surface area contributed by atoms with Crippen molar-refractivity contribution in [3.63, 3.8) is 0 Å². The molecule has 2 heterocycles. The van der Waals surface area contributed by atoms with Gasteiger partial charge in [0.25, 0.3) is 4.34 Å². The predicted octanol–water partition coefficient (Wildman–Crippen LogP) is 3.44. The van der Waals surface area contributed by atoms with Gasteiger partial charge in [-0.1, -0.05) is 46.1 Å². The smallest absolute Gasteiger partial charge is 0.169 e. The van der Waals surface area contributed by atoms with E-state index in [0.717, 1.165) is 0 Å². The third-order valence-corrected chi connectivity index (χ3v) is 7.19. The van der Waals surface area contributed by atoms with Gasteiger partial charge in [0.05, 0.1) is 10.2 Å². The zero-order valence-corrected chi connectivity index (χ0v) is 12.2. The number of thioether (sulfide) groups is 1. The Kier molecular flexibility index (Phi) is 2.48. The van der Waals surface area contributed by atoms with Crippen LogP contribution in [0.25, 0.3) is 10.2 Å². The van der Waals surface area contributed by atoms with Crippen LogP contribution in [-0.2, 0) is 5.54 Å². The average Bonchev–Trinajstić information content (AvgIpc) is 2.78. The molecule has 78 valence electrons. The topological polar surface area (TPSA) is 3.88 Å². The Morgan fingerprint density at radius 2 is 2.27 bits per heavy atom. The lowest BCUT2D eigenvalue weighted by molar-refractivity contribution is -0.749. The van der Waals surface area contributed by atoms with Crippen LogP contribution in [0, 0.1) is 0 Å². The Morgan fingerprint density at radius 3 is 3.07 bits per heavy atom. The van der Waals surface area contributed by atoms with Crippen molar-refractivity contribution in [1.82, 2.24) is 0 Å². The molecule has 1 aromatic heterocycles. The first kappa shape index (κ1) is 10.4. The van der Waals surface area contributed by atoms with E-state index >= 15 is 0 Å². The number of thiazole rings is 1. The second-order valence-electron chi connectivity index (χ2n) is 4.09. The summed E-state index contributed by atoms with van der Waals surface area (Å²) in [6.07, 6.45) is 0. The fraction of sp³-hybridized carbons (Fsp3) is 0.364. The quantitative estimate of drug-likeness (QED) is 0.434. The molecular weight excluding hydrogens is 337 g/mol. The van der Waals surface area contributed by atoms with Crippen molar-refractivity contribution in [2.24, 2.45) is 0 Å². The van der Waals surface area contributed by atoms with Gasteiger partial charge in [-0.3, -0.25) is 0 Å². The normalized spacial score (nSPS) is 24.7. The van der Waals surface area contributed by atoms with Crippen molar-refractivity contribution in [3.05, 3.63) is 24.3 Å². The van der Waals surface area contributed by atoms with E-state index in [9.17, 15) is 0 Å². The van der Waals surface area contributed by atoms with Crippen molar-refractivity contribution < 1.29 is 4.57 Å². The third kappa shape index (κ3) is 1.45. The Labute approximate surface area is 111 Å². The minimum absolute atomic E-state index is 0.306. The van der Waals surface area contributed by atoms with Gasteiger partial charge in [-0.25, -0.2) is 0 Å². The first-order chi connectivity index (χ1) is 7.24. The summed E-state index contributed by atoms with van der Waals surface area (Å²) < 4.78 is 6.59. The van der Waals surface area contributed by atoms with E-state index in [1.54, 1.807) is 0 Å². The second-order valence-corrected chi connectivity index (χ2v) is 7.11. The van der Waals surface area contributed by atoms with Gasteiger partial charge in [0.2, 0.25) is 5.52 Å². The van der Waals surface area contributed by atoms with Gasteiger partial charge in [0, 0.05) is 13.0 Å². The van der Waals surface area contributed by atoms with E-state index in [0.29, 0.717) is 5.54 Å². The summed E-state index contributed by atoms with van der Waals surface area (Å²) in [5.41, 5.74) is 1.71. The Hall–Kier alpha value is 0.190. The molecule has 15 heavy (non-hydrogen) atoms. The number of aromatic nitrogens is 1. The van der Waals surface area contributed by atoms with Crippen molar-refractivity contribution in [2.75, 3.05) is 10.2 Å². The standard InChI is InChI=1S/C11H11INS2/c1-11(6-12)7-14-10-13(11)8-4-2-3-5-9(8)15-10/h2-5H,6-7H2,1H3/q+1. The van der Waals surface area contributed by atoms with Gasteiger partial charge >= 0.3 is 0 Å². The molecule has 1 aromatic carbocycles. The van der Waals surface area contributed by atoms with Crippen molar-refractivity contribution in [3.8, 4) is 0 Å². The third-order valence-electron chi connectivity index (χ3n) is 2.82. The first-order valence-corrected chi connectivity index (χ1v) is 8.20. The highest BCUT2D eigenvalue weighted by Crippen LogP contribution is 2.39. The van der Waals surface area contributed by atoms with Crippen LogP contribution >= 0.6 is 45.7 Å². The maximum atomic E-state index is 2.53. The summed E-state index contributed by atoms with van der Waals surface area (Å²) >= 11 is 6.43. The number of nitrogens with zero attached hydrogens (tertiary/aromatic N) is 1. The van der Waals surface area contributed by atoms with Crippen LogP contribution in [0.4, 0.5) is 0 Å². The molecular formula is C11H11INS2+. The summed E-state index contributed by atoms with van der Waals surface area (Å²) in [5.74, 6) is 1.21. The molecule has 0 saturated carbocycles. The van der Waals surface area contributed by atoms with Crippen LogP contribution in [0.5, 0.6) is 0 Å². The largest absolute Gasteiger partial charge is 0.299 e. The Bertz CT molecular complexity index is 522. The number of benzene rings is 1. The minimum atomic E-state index is 0.306. The van der Waals surface area contributed by atoms with E-state index in [-0.39, 0.29) is 0 Å². The number of hydrogen-bond acceptors (Lipinski definition) is 2. The van der Waals surface area contributed by atoms with Crippen LogP contribution in [0.2, 0.25) is 0 Å². The lowest BCUT2D eigenvalue weighted by Crippen LogP contribution is -2.53. The molecule has 1 aliphatic rings. The second kappa shape index (κ2) is 3.60. The van der Waals surface area contributed by atoms with Gasteiger partial charge in [-0.05, 0) is 17.8 Å². The lowest BCUT2D eigenvalue weighted by atomic mass is 10.1. The molecule has 1 atom stereocenters. The van der Waals surface area contributed by atoms with Crippen LogP contribution in [0.3, 0.4) is 0 Å². The highest BCUT2D eigenvalue weighted by molar-refractivity contribution is 14.1. The number of alkyl halides is 1. The maximum Gasteiger partial charge on any atom is 0.299 e. The maximum absolute atomic E-state index is 2.53. The molecule has 0 fully saturated rings. The molecule has 0 spiro atoms. The van der Waals surface area contributed by atoms with Gasteiger partial charge in [0.15, 0.2) is 5.54 Å². The Balaban J connectivity index is 2.34. The first-order valence-electron chi connectivity index (χ1n) is 4.87. The molecule has 1 nitrogen and oxygen atoms in total. The number of hydrogen-bond donors (Lipinski definition) is 0. The number of rotatable bonds is 1. The molecule has 4 heteroatoms. The number of fused-ring (bicyclic) bond motifs is 3. The van der Waals surface area contributed by atoms with E-state index in [2.05, 4.69) is 58.3 Å². The van der Waals surface area contributed by atoms with Crippen LogP contribution in [-0.4, -0.2) is 10.2 Å². The molecule has 3 rings (SSSR count). The summed E-state index contributed by atoms with van der Waals surface area (Å²) in [6, 6.07) is 8.73. The molecule has 0 saturated heterocycles. The molecule has 2 aromatic rings. The summed E-state index contributed by atoms with van der Waals surface area (Å²) in [5, 5.41) is 0. The summed E-state index contributed by atoms with van der Waals surface area (Å²) in [6.45, 7) is 2.36. The van der Waals surface area contributed by atoms with Gasteiger partial charge < -0.3 is 0 Å². The van der Waals surface area contributed by atoms with Crippen LogP contribution in [0.1, 0.15) is 6.92 Å². The number of para-hydroxylation sites is 1. The molecule has 0 radical (unpaired) electrons. The average molecular weight is 348 g/mol. The van der Waals surface area contributed by atoms with E-state index in [4.69, 9.17) is 0 Å².